The number of amides is 1. The molecule has 2 aliphatic rings. The molecule has 0 aromatic heterocycles. The van der Waals surface area contributed by atoms with Crippen molar-refractivity contribution in [3.63, 3.8) is 0 Å². The van der Waals surface area contributed by atoms with Crippen molar-refractivity contribution in [2.75, 3.05) is 13.1 Å². The van der Waals surface area contributed by atoms with Crippen molar-refractivity contribution in [2.24, 2.45) is 0 Å². The Morgan fingerprint density at radius 1 is 0.822 bits per heavy atom. The molecule has 5 rings (SSSR count). The number of hydrogen-bond acceptors (Lipinski definition) is 2. The van der Waals surface area contributed by atoms with Gasteiger partial charge in [-0.3, -0.25) is 4.79 Å². The summed E-state index contributed by atoms with van der Waals surface area (Å²) in [5.74, 6) is -0.301. The molecule has 1 unspecified atom stereocenters. The Morgan fingerprint density at radius 2 is 1.36 bits per heavy atom. The Labute approximate surface area is 264 Å². The molecule has 1 heterocycles. The highest BCUT2D eigenvalue weighted by Gasteiger charge is 2.45. The molecule has 1 saturated carbocycles. The fraction of sp³-hybridized carbons (Fsp3) is 0.441. The highest BCUT2D eigenvalue weighted by Crippen LogP contribution is 2.43. The number of nitrogens with zero attached hydrogens (tertiary/aromatic N) is 1. The molecule has 244 valence electrons. The molecular formula is C34H36ClF7N2O. The smallest absolute Gasteiger partial charge is 0.349 e. The maximum absolute atomic E-state index is 14.0. The number of likely N-dealkylation sites (tertiary alicyclic amines) is 1. The highest BCUT2D eigenvalue weighted by atomic mass is 35.5. The van der Waals surface area contributed by atoms with Gasteiger partial charge in [-0.1, -0.05) is 42.5 Å². The Kier molecular flexibility index (Phi) is 10.6. The molecule has 0 spiro atoms. The summed E-state index contributed by atoms with van der Waals surface area (Å²) < 4.78 is 94.2. The van der Waals surface area contributed by atoms with E-state index >= 15 is 0 Å². The number of halogens is 8. The van der Waals surface area contributed by atoms with Gasteiger partial charge in [0.1, 0.15) is 5.82 Å². The van der Waals surface area contributed by atoms with E-state index in [-0.39, 0.29) is 35.9 Å². The highest BCUT2D eigenvalue weighted by molar-refractivity contribution is 5.88. The summed E-state index contributed by atoms with van der Waals surface area (Å²) >= 11 is 0. The SMILES string of the molecule is CC(NC(=O)C1(c2ccccc2)CCC(N2CCC(c3ccc(F)cc3)CC2)CC1)c1cc(C(F)(F)F)cc(C(F)(F)F)c1.Cl. The van der Waals surface area contributed by atoms with Crippen LogP contribution >= 0.6 is 12.4 Å². The number of rotatable bonds is 6. The minimum absolute atomic E-state index is 0. The molecule has 2 fully saturated rings. The van der Waals surface area contributed by atoms with Crippen LogP contribution in [-0.2, 0) is 22.6 Å². The van der Waals surface area contributed by atoms with Gasteiger partial charge in [0.05, 0.1) is 22.6 Å². The molecule has 3 nitrogen and oxygen atoms in total. The summed E-state index contributed by atoms with van der Waals surface area (Å²) in [4.78, 5) is 16.4. The van der Waals surface area contributed by atoms with Crippen LogP contribution in [0, 0.1) is 5.82 Å². The van der Waals surface area contributed by atoms with E-state index < -0.39 is 40.8 Å². The van der Waals surface area contributed by atoms with Crippen LogP contribution in [0.2, 0.25) is 0 Å². The van der Waals surface area contributed by atoms with E-state index in [2.05, 4.69) is 10.2 Å². The number of benzene rings is 3. The summed E-state index contributed by atoms with van der Waals surface area (Å²) in [6.07, 6.45) is -5.63. The van der Waals surface area contributed by atoms with E-state index in [0.29, 0.717) is 30.9 Å². The number of piperidine rings is 1. The molecule has 0 radical (unpaired) electrons. The van der Waals surface area contributed by atoms with Gasteiger partial charge < -0.3 is 10.2 Å². The largest absolute Gasteiger partial charge is 0.416 e. The molecule has 0 bridgehead atoms. The lowest BCUT2D eigenvalue weighted by Gasteiger charge is -2.45. The predicted octanol–water partition coefficient (Wildman–Crippen LogP) is 9.22. The molecule has 1 aliphatic carbocycles. The van der Waals surface area contributed by atoms with E-state index in [9.17, 15) is 35.5 Å². The van der Waals surface area contributed by atoms with Crippen LogP contribution in [-0.4, -0.2) is 29.9 Å². The first kappa shape index (κ1) is 34.8. The maximum Gasteiger partial charge on any atom is 0.416 e. The Balaban J connectivity index is 0.00000461. The zero-order valence-electron chi connectivity index (χ0n) is 24.7. The second kappa shape index (κ2) is 13.7. The molecule has 11 heteroatoms. The number of carbonyl (C=O) groups excluding carboxylic acids is 1. The van der Waals surface area contributed by atoms with Crippen molar-refractivity contribution in [1.82, 2.24) is 10.2 Å². The molecular weight excluding hydrogens is 621 g/mol. The van der Waals surface area contributed by atoms with Gasteiger partial charge in [-0.05, 0) is 111 Å². The lowest BCUT2D eigenvalue weighted by Crippen LogP contribution is -2.51. The van der Waals surface area contributed by atoms with E-state index in [1.165, 1.54) is 19.1 Å². The van der Waals surface area contributed by atoms with Crippen LogP contribution < -0.4 is 5.32 Å². The Hall–Kier alpha value is -3.11. The normalized spacial score (nSPS) is 22.4. The van der Waals surface area contributed by atoms with Gasteiger partial charge in [0, 0.05) is 6.04 Å². The fourth-order valence-corrected chi connectivity index (χ4v) is 6.84. The van der Waals surface area contributed by atoms with Crippen LogP contribution in [0.3, 0.4) is 0 Å². The third-order valence-electron chi connectivity index (χ3n) is 9.41. The lowest BCUT2D eigenvalue weighted by atomic mass is 9.67. The first-order chi connectivity index (χ1) is 20.8. The third-order valence-corrected chi connectivity index (χ3v) is 9.41. The first-order valence-corrected chi connectivity index (χ1v) is 14.9. The average Bonchev–Trinajstić information content (AvgIpc) is 3.01. The van der Waals surface area contributed by atoms with Gasteiger partial charge in [0.15, 0.2) is 0 Å². The Morgan fingerprint density at radius 3 is 1.87 bits per heavy atom. The van der Waals surface area contributed by atoms with Crippen LogP contribution in [0.5, 0.6) is 0 Å². The van der Waals surface area contributed by atoms with Gasteiger partial charge in [-0.2, -0.15) is 26.3 Å². The number of nitrogens with one attached hydrogen (secondary N) is 1. The van der Waals surface area contributed by atoms with E-state index in [1.807, 2.05) is 42.5 Å². The summed E-state index contributed by atoms with van der Waals surface area (Å²) in [5.41, 5.74) is -2.14. The van der Waals surface area contributed by atoms with Gasteiger partial charge in [0.2, 0.25) is 5.91 Å². The molecule has 3 aromatic rings. The summed E-state index contributed by atoms with van der Waals surface area (Å²) in [5, 5.41) is 2.77. The molecule has 1 atom stereocenters. The maximum atomic E-state index is 14.0. The minimum atomic E-state index is -4.98. The van der Waals surface area contributed by atoms with Crippen LogP contribution in [0.4, 0.5) is 30.7 Å². The summed E-state index contributed by atoms with van der Waals surface area (Å²) in [6, 6.07) is 16.4. The zero-order chi connectivity index (χ0) is 31.7. The Bertz CT molecular complexity index is 1400. The molecule has 1 aliphatic heterocycles. The lowest BCUT2D eigenvalue weighted by molar-refractivity contribution is -0.143. The molecule has 3 aromatic carbocycles. The van der Waals surface area contributed by atoms with Gasteiger partial charge in [0.25, 0.3) is 0 Å². The van der Waals surface area contributed by atoms with Crippen LogP contribution in [0.1, 0.15) is 85.2 Å². The van der Waals surface area contributed by atoms with Crippen molar-refractivity contribution in [2.45, 2.75) is 81.2 Å². The number of carbonyl (C=O) groups is 1. The molecule has 1 N–H and O–H groups in total. The van der Waals surface area contributed by atoms with E-state index in [0.717, 1.165) is 49.9 Å². The molecule has 45 heavy (non-hydrogen) atoms. The van der Waals surface area contributed by atoms with Crippen molar-refractivity contribution in [1.29, 1.82) is 0 Å². The van der Waals surface area contributed by atoms with Crippen molar-refractivity contribution < 1.29 is 35.5 Å². The second-order valence-corrected chi connectivity index (χ2v) is 12.1. The molecule has 1 saturated heterocycles. The van der Waals surface area contributed by atoms with Crippen LogP contribution in [0.15, 0.2) is 72.8 Å². The molecule has 1 amide bonds. The summed E-state index contributed by atoms with van der Waals surface area (Å²) in [7, 11) is 0. The topological polar surface area (TPSA) is 32.3 Å². The van der Waals surface area contributed by atoms with Crippen molar-refractivity contribution >= 4 is 18.3 Å². The van der Waals surface area contributed by atoms with Crippen LogP contribution in [0.25, 0.3) is 0 Å². The zero-order valence-corrected chi connectivity index (χ0v) is 25.5. The van der Waals surface area contributed by atoms with Crippen molar-refractivity contribution in [3.05, 3.63) is 106 Å². The number of alkyl halides is 6. The summed E-state index contributed by atoms with van der Waals surface area (Å²) in [6.45, 7) is 3.17. The monoisotopic (exact) mass is 656 g/mol. The average molecular weight is 657 g/mol. The number of hydrogen-bond donors (Lipinski definition) is 1. The quantitative estimate of drug-likeness (QED) is 0.268. The fourth-order valence-electron chi connectivity index (χ4n) is 6.84. The second-order valence-electron chi connectivity index (χ2n) is 12.1. The van der Waals surface area contributed by atoms with E-state index in [1.54, 1.807) is 0 Å². The van der Waals surface area contributed by atoms with Gasteiger partial charge in [-0.25, -0.2) is 4.39 Å². The standard InChI is InChI=1S/C34H35F7N2O.ClH/c1-22(25-19-27(33(36,37)38)21-28(20-25)34(39,40)41)42-31(44)32(26-5-3-2-4-6-26)15-11-30(12-16-32)43-17-13-24(14-18-43)23-7-9-29(35)10-8-23;/h2-10,19-22,24,30H,11-18H2,1H3,(H,42,44);1H. The predicted molar refractivity (Wildman–Crippen MR) is 161 cm³/mol. The van der Waals surface area contributed by atoms with Crippen molar-refractivity contribution in [3.8, 4) is 0 Å². The third kappa shape index (κ3) is 7.83. The van der Waals surface area contributed by atoms with E-state index in [4.69, 9.17) is 0 Å². The minimum Gasteiger partial charge on any atom is -0.349 e. The van der Waals surface area contributed by atoms with Gasteiger partial charge in [-0.15, -0.1) is 12.4 Å². The first-order valence-electron chi connectivity index (χ1n) is 14.9. The van der Waals surface area contributed by atoms with Gasteiger partial charge >= 0.3 is 12.4 Å².